The van der Waals surface area contributed by atoms with E-state index in [1.165, 1.54) is 6.92 Å². The van der Waals surface area contributed by atoms with Crippen molar-refractivity contribution in [3.05, 3.63) is 0 Å². The van der Waals surface area contributed by atoms with Crippen molar-refractivity contribution >= 4 is 11.7 Å². The first-order valence-corrected chi connectivity index (χ1v) is 6.25. The Morgan fingerprint density at radius 3 is 2.29 bits per heavy atom. The molecule has 0 heterocycles. The van der Waals surface area contributed by atoms with Crippen LogP contribution in [0.1, 0.15) is 53.4 Å². The first-order chi connectivity index (χ1) is 7.72. The molecule has 1 unspecified atom stereocenters. The Balaban J connectivity index is 3.52. The van der Waals surface area contributed by atoms with Crippen molar-refractivity contribution in [1.29, 1.82) is 0 Å². The van der Waals surface area contributed by atoms with Crippen molar-refractivity contribution < 1.29 is 9.59 Å². The molecule has 1 amide bonds. The highest BCUT2D eigenvalue weighted by Crippen LogP contribution is 2.17. The molecule has 0 saturated carbocycles. The molecule has 0 aliphatic carbocycles. The van der Waals surface area contributed by atoms with Crippen molar-refractivity contribution in [2.24, 2.45) is 11.1 Å². The number of ketones is 1. The molecule has 4 nitrogen and oxygen atoms in total. The smallest absolute Gasteiger partial charge is 0.220 e. The van der Waals surface area contributed by atoms with Crippen LogP contribution in [-0.2, 0) is 9.59 Å². The molecule has 17 heavy (non-hydrogen) atoms. The molecule has 4 heteroatoms. The van der Waals surface area contributed by atoms with Crippen LogP contribution in [0.15, 0.2) is 0 Å². The van der Waals surface area contributed by atoms with Crippen LogP contribution in [0, 0.1) is 5.41 Å². The largest absolute Gasteiger partial charge is 0.356 e. The topological polar surface area (TPSA) is 72.2 Å². The molecule has 0 aromatic heterocycles. The summed E-state index contributed by atoms with van der Waals surface area (Å²) in [6.45, 7) is 8.30. The molecule has 0 aromatic carbocycles. The highest BCUT2D eigenvalue weighted by Gasteiger charge is 2.15. The van der Waals surface area contributed by atoms with Crippen LogP contribution in [0.25, 0.3) is 0 Å². The fourth-order valence-electron chi connectivity index (χ4n) is 1.46. The number of rotatable bonds is 7. The molecule has 0 saturated heterocycles. The van der Waals surface area contributed by atoms with E-state index in [4.69, 9.17) is 5.73 Å². The zero-order chi connectivity index (χ0) is 13.5. The molecule has 1 atom stereocenters. The van der Waals surface area contributed by atoms with Gasteiger partial charge in [0.2, 0.25) is 5.91 Å². The monoisotopic (exact) mass is 242 g/mol. The zero-order valence-electron chi connectivity index (χ0n) is 11.5. The van der Waals surface area contributed by atoms with Crippen LogP contribution in [0.4, 0.5) is 0 Å². The lowest BCUT2D eigenvalue weighted by atomic mass is 9.92. The predicted molar refractivity (Wildman–Crippen MR) is 69.6 cm³/mol. The number of hydrogen-bond acceptors (Lipinski definition) is 3. The Morgan fingerprint density at radius 2 is 1.82 bits per heavy atom. The summed E-state index contributed by atoms with van der Waals surface area (Å²) in [7, 11) is 0. The predicted octanol–water partition coefficient (Wildman–Crippen LogP) is 1.63. The van der Waals surface area contributed by atoms with Crippen molar-refractivity contribution in [3.63, 3.8) is 0 Å². The molecule has 0 radical (unpaired) electrons. The van der Waals surface area contributed by atoms with Gasteiger partial charge >= 0.3 is 0 Å². The molecule has 0 aromatic rings. The molecule has 0 spiro atoms. The SMILES string of the molecule is CC(=O)C(N)CCCCNC(=O)CC(C)(C)C. The van der Waals surface area contributed by atoms with Gasteiger partial charge in [0, 0.05) is 13.0 Å². The zero-order valence-corrected chi connectivity index (χ0v) is 11.5. The van der Waals surface area contributed by atoms with E-state index < -0.39 is 0 Å². The van der Waals surface area contributed by atoms with E-state index >= 15 is 0 Å². The number of unbranched alkanes of at least 4 members (excludes halogenated alkanes) is 1. The van der Waals surface area contributed by atoms with Crippen LogP contribution in [0.2, 0.25) is 0 Å². The Labute approximate surface area is 104 Å². The van der Waals surface area contributed by atoms with Gasteiger partial charge in [-0.3, -0.25) is 9.59 Å². The third-order valence-corrected chi connectivity index (χ3v) is 2.48. The summed E-state index contributed by atoms with van der Waals surface area (Å²) >= 11 is 0. The average Bonchev–Trinajstić information content (AvgIpc) is 2.13. The lowest BCUT2D eigenvalue weighted by molar-refractivity contribution is -0.123. The van der Waals surface area contributed by atoms with Crippen molar-refractivity contribution in [3.8, 4) is 0 Å². The van der Waals surface area contributed by atoms with Crippen molar-refractivity contribution in [2.45, 2.75) is 59.4 Å². The molecule has 3 N–H and O–H groups in total. The normalized spacial score (nSPS) is 13.2. The van der Waals surface area contributed by atoms with Crippen LogP contribution in [-0.4, -0.2) is 24.3 Å². The van der Waals surface area contributed by atoms with Gasteiger partial charge in [-0.05, 0) is 31.6 Å². The van der Waals surface area contributed by atoms with Crippen molar-refractivity contribution in [1.82, 2.24) is 5.32 Å². The lowest BCUT2D eigenvalue weighted by Crippen LogP contribution is -2.30. The van der Waals surface area contributed by atoms with Gasteiger partial charge in [-0.2, -0.15) is 0 Å². The molecule has 100 valence electrons. The van der Waals surface area contributed by atoms with Crippen LogP contribution < -0.4 is 11.1 Å². The number of amides is 1. The number of nitrogens with two attached hydrogens (primary N) is 1. The fourth-order valence-corrected chi connectivity index (χ4v) is 1.46. The first-order valence-electron chi connectivity index (χ1n) is 6.25. The summed E-state index contributed by atoms with van der Waals surface area (Å²) in [6.07, 6.45) is 2.98. The minimum absolute atomic E-state index is 0.0288. The van der Waals surface area contributed by atoms with Crippen LogP contribution in [0.5, 0.6) is 0 Å². The standard InChI is InChI=1S/C13H26N2O2/c1-10(16)11(14)7-5-6-8-15-12(17)9-13(2,3)4/h11H,5-9,14H2,1-4H3,(H,15,17). The second kappa shape index (κ2) is 7.43. The molecular weight excluding hydrogens is 216 g/mol. The Bertz CT molecular complexity index is 257. The molecule has 0 aliphatic heterocycles. The Morgan fingerprint density at radius 1 is 1.24 bits per heavy atom. The minimum Gasteiger partial charge on any atom is -0.356 e. The van der Waals surface area contributed by atoms with Gasteiger partial charge in [0.05, 0.1) is 6.04 Å². The number of hydrogen-bond donors (Lipinski definition) is 2. The second-order valence-corrected chi connectivity index (χ2v) is 5.80. The van der Waals surface area contributed by atoms with E-state index in [0.717, 1.165) is 12.8 Å². The van der Waals surface area contributed by atoms with E-state index in [-0.39, 0.29) is 23.1 Å². The number of carbonyl (C=O) groups excluding carboxylic acids is 2. The lowest BCUT2D eigenvalue weighted by Gasteiger charge is -2.17. The molecule has 0 bridgehead atoms. The number of Topliss-reactive ketones (excluding diaryl/α,β-unsaturated/α-hetero) is 1. The van der Waals surface area contributed by atoms with Gasteiger partial charge < -0.3 is 11.1 Å². The third kappa shape index (κ3) is 10.00. The van der Waals surface area contributed by atoms with Crippen LogP contribution >= 0.6 is 0 Å². The van der Waals surface area contributed by atoms with E-state index in [1.54, 1.807) is 0 Å². The first kappa shape index (κ1) is 16.1. The maximum atomic E-state index is 11.5. The van der Waals surface area contributed by atoms with E-state index in [0.29, 0.717) is 19.4 Å². The van der Waals surface area contributed by atoms with E-state index in [9.17, 15) is 9.59 Å². The fraction of sp³-hybridized carbons (Fsp3) is 0.846. The number of carbonyl (C=O) groups is 2. The van der Waals surface area contributed by atoms with E-state index in [2.05, 4.69) is 5.32 Å². The molecule has 0 rings (SSSR count). The highest BCUT2D eigenvalue weighted by atomic mass is 16.1. The minimum atomic E-state index is -0.347. The van der Waals surface area contributed by atoms with Gasteiger partial charge in [-0.25, -0.2) is 0 Å². The second-order valence-electron chi connectivity index (χ2n) is 5.80. The average molecular weight is 242 g/mol. The highest BCUT2D eigenvalue weighted by molar-refractivity contribution is 5.81. The Hall–Kier alpha value is -0.900. The van der Waals surface area contributed by atoms with Gasteiger partial charge in [-0.1, -0.05) is 20.8 Å². The summed E-state index contributed by atoms with van der Waals surface area (Å²) in [5, 5.41) is 2.88. The maximum absolute atomic E-state index is 11.5. The van der Waals surface area contributed by atoms with Gasteiger partial charge in [0.1, 0.15) is 5.78 Å². The van der Waals surface area contributed by atoms with Gasteiger partial charge in [-0.15, -0.1) is 0 Å². The quantitative estimate of drug-likeness (QED) is 0.666. The molecular formula is C13H26N2O2. The third-order valence-electron chi connectivity index (χ3n) is 2.48. The summed E-state index contributed by atoms with van der Waals surface area (Å²) < 4.78 is 0. The Kier molecular flexibility index (Phi) is 7.04. The molecule has 0 fully saturated rings. The van der Waals surface area contributed by atoms with E-state index in [1.807, 2.05) is 20.8 Å². The summed E-state index contributed by atoms with van der Waals surface area (Å²) in [5.41, 5.74) is 5.63. The van der Waals surface area contributed by atoms with Gasteiger partial charge in [0.15, 0.2) is 0 Å². The summed E-state index contributed by atoms with van der Waals surface area (Å²) in [5.74, 6) is 0.120. The van der Waals surface area contributed by atoms with Crippen molar-refractivity contribution in [2.75, 3.05) is 6.54 Å². The maximum Gasteiger partial charge on any atom is 0.220 e. The molecule has 0 aliphatic rings. The van der Waals surface area contributed by atoms with Gasteiger partial charge in [0.25, 0.3) is 0 Å². The van der Waals surface area contributed by atoms with Crippen LogP contribution in [0.3, 0.4) is 0 Å². The summed E-state index contributed by atoms with van der Waals surface area (Å²) in [6, 6.07) is -0.347. The number of nitrogens with one attached hydrogen (secondary N) is 1. The summed E-state index contributed by atoms with van der Waals surface area (Å²) in [4.78, 5) is 22.4.